The van der Waals surface area contributed by atoms with Crippen molar-refractivity contribution in [3.8, 4) is 0 Å². The van der Waals surface area contributed by atoms with Crippen LogP contribution in [0.25, 0.3) is 0 Å². The molecule has 0 aliphatic carbocycles. The molecule has 1 aliphatic rings. The van der Waals surface area contributed by atoms with Crippen LogP contribution in [0.2, 0.25) is 0 Å². The molecule has 2 aromatic carbocycles. The fourth-order valence-electron chi connectivity index (χ4n) is 2.63. The highest BCUT2D eigenvalue weighted by Gasteiger charge is 2.22. The molecule has 1 heterocycles. The molecule has 1 amide bonds. The SMILES string of the molecule is O=C1NCCOC1Cc1cccc(Cc2ccccc2)c1. The van der Waals surface area contributed by atoms with Gasteiger partial charge >= 0.3 is 0 Å². The van der Waals surface area contributed by atoms with E-state index in [9.17, 15) is 4.79 Å². The van der Waals surface area contributed by atoms with Crippen molar-refractivity contribution in [1.29, 1.82) is 0 Å². The van der Waals surface area contributed by atoms with Crippen molar-refractivity contribution in [2.24, 2.45) is 0 Å². The maximum atomic E-state index is 11.7. The fraction of sp³-hybridized carbons (Fsp3) is 0.278. The maximum Gasteiger partial charge on any atom is 0.249 e. The summed E-state index contributed by atoms with van der Waals surface area (Å²) in [6.45, 7) is 1.21. The van der Waals surface area contributed by atoms with Crippen LogP contribution in [0.1, 0.15) is 16.7 Å². The fourth-order valence-corrected chi connectivity index (χ4v) is 2.63. The third kappa shape index (κ3) is 3.70. The zero-order valence-electron chi connectivity index (χ0n) is 11.9. The van der Waals surface area contributed by atoms with Crippen LogP contribution >= 0.6 is 0 Å². The van der Waals surface area contributed by atoms with E-state index in [-0.39, 0.29) is 12.0 Å². The monoisotopic (exact) mass is 281 g/mol. The van der Waals surface area contributed by atoms with Crippen LogP contribution in [0.4, 0.5) is 0 Å². The van der Waals surface area contributed by atoms with Crippen LogP contribution < -0.4 is 5.32 Å². The Labute approximate surface area is 124 Å². The maximum absolute atomic E-state index is 11.7. The van der Waals surface area contributed by atoms with Gasteiger partial charge in [0.2, 0.25) is 5.91 Å². The number of carbonyl (C=O) groups excluding carboxylic acids is 1. The second-order valence-electron chi connectivity index (χ2n) is 5.34. The van der Waals surface area contributed by atoms with E-state index < -0.39 is 0 Å². The van der Waals surface area contributed by atoms with Crippen LogP contribution in [0, 0.1) is 0 Å². The van der Waals surface area contributed by atoms with Crippen molar-refractivity contribution in [2.45, 2.75) is 18.9 Å². The van der Waals surface area contributed by atoms with E-state index in [1.807, 2.05) is 12.1 Å². The smallest absolute Gasteiger partial charge is 0.249 e. The Morgan fingerprint density at radius 3 is 2.57 bits per heavy atom. The molecule has 1 fully saturated rings. The molecule has 108 valence electrons. The van der Waals surface area contributed by atoms with Gasteiger partial charge in [-0.2, -0.15) is 0 Å². The summed E-state index contributed by atoms with van der Waals surface area (Å²) in [6.07, 6.45) is 1.19. The van der Waals surface area contributed by atoms with Gasteiger partial charge in [0.25, 0.3) is 0 Å². The van der Waals surface area contributed by atoms with Crippen LogP contribution in [-0.4, -0.2) is 25.2 Å². The summed E-state index contributed by atoms with van der Waals surface area (Å²) in [5, 5.41) is 2.84. The number of amides is 1. The lowest BCUT2D eigenvalue weighted by molar-refractivity contribution is -0.137. The topological polar surface area (TPSA) is 38.3 Å². The molecule has 1 aliphatic heterocycles. The molecule has 1 unspecified atom stereocenters. The largest absolute Gasteiger partial charge is 0.366 e. The zero-order valence-corrected chi connectivity index (χ0v) is 11.9. The van der Waals surface area contributed by atoms with Gasteiger partial charge in [0.05, 0.1) is 6.61 Å². The third-order valence-corrected chi connectivity index (χ3v) is 3.68. The first kappa shape index (κ1) is 13.8. The number of hydrogen-bond donors (Lipinski definition) is 1. The van der Waals surface area contributed by atoms with Crippen molar-refractivity contribution in [3.63, 3.8) is 0 Å². The second-order valence-corrected chi connectivity index (χ2v) is 5.34. The third-order valence-electron chi connectivity index (χ3n) is 3.68. The van der Waals surface area contributed by atoms with Gasteiger partial charge in [0.15, 0.2) is 0 Å². The molecule has 1 N–H and O–H groups in total. The second kappa shape index (κ2) is 6.55. The van der Waals surface area contributed by atoms with Crippen molar-refractivity contribution in [3.05, 3.63) is 71.3 Å². The van der Waals surface area contributed by atoms with Gasteiger partial charge in [-0.3, -0.25) is 4.79 Å². The number of ether oxygens (including phenoxy) is 1. The van der Waals surface area contributed by atoms with Crippen LogP contribution in [0.3, 0.4) is 0 Å². The zero-order chi connectivity index (χ0) is 14.5. The predicted molar refractivity (Wildman–Crippen MR) is 82.1 cm³/mol. The lowest BCUT2D eigenvalue weighted by atomic mass is 10.00. The summed E-state index contributed by atoms with van der Waals surface area (Å²) in [5.74, 6) is -0.00490. The minimum Gasteiger partial charge on any atom is -0.366 e. The van der Waals surface area contributed by atoms with E-state index in [1.165, 1.54) is 11.1 Å². The Morgan fingerprint density at radius 2 is 1.76 bits per heavy atom. The van der Waals surface area contributed by atoms with E-state index in [0.717, 1.165) is 12.0 Å². The molecule has 0 saturated carbocycles. The van der Waals surface area contributed by atoms with Gasteiger partial charge in [0.1, 0.15) is 6.10 Å². The van der Waals surface area contributed by atoms with Gasteiger partial charge in [0, 0.05) is 13.0 Å². The summed E-state index contributed by atoms with van der Waals surface area (Å²) in [5.41, 5.74) is 3.70. The molecule has 3 nitrogen and oxygen atoms in total. The average Bonchev–Trinajstić information content (AvgIpc) is 2.51. The van der Waals surface area contributed by atoms with Crippen molar-refractivity contribution in [1.82, 2.24) is 5.32 Å². The molecule has 1 atom stereocenters. The molecule has 3 rings (SSSR count). The highest BCUT2D eigenvalue weighted by atomic mass is 16.5. The average molecular weight is 281 g/mol. The Balaban J connectivity index is 1.69. The Hall–Kier alpha value is -2.13. The van der Waals surface area contributed by atoms with Gasteiger partial charge in [-0.25, -0.2) is 0 Å². The summed E-state index contributed by atoms with van der Waals surface area (Å²) < 4.78 is 5.54. The van der Waals surface area contributed by atoms with Gasteiger partial charge in [-0.1, -0.05) is 54.6 Å². The Kier molecular flexibility index (Phi) is 4.31. The van der Waals surface area contributed by atoms with E-state index in [0.29, 0.717) is 19.6 Å². The van der Waals surface area contributed by atoms with E-state index >= 15 is 0 Å². The molecule has 21 heavy (non-hydrogen) atoms. The van der Waals surface area contributed by atoms with Crippen molar-refractivity contribution >= 4 is 5.91 Å². The molecule has 3 heteroatoms. The lowest BCUT2D eigenvalue weighted by Gasteiger charge is -2.22. The molecule has 0 bridgehead atoms. The number of benzene rings is 2. The van der Waals surface area contributed by atoms with Crippen molar-refractivity contribution in [2.75, 3.05) is 13.2 Å². The van der Waals surface area contributed by atoms with Crippen LogP contribution in [0.15, 0.2) is 54.6 Å². The van der Waals surface area contributed by atoms with Gasteiger partial charge in [-0.05, 0) is 23.1 Å². The normalized spacial score (nSPS) is 18.3. The predicted octanol–water partition coefficient (Wildman–Crippen LogP) is 2.33. The standard InChI is InChI=1S/C18H19NO2/c20-18-17(21-10-9-19-18)13-16-8-4-7-15(12-16)11-14-5-2-1-3-6-14/h1-8,12,17H,9-11,13H2,(H,19,20). The molecule has 2 aromatic rings. The van der Waals surface area contributed by atoms with Crippen LogP contribution in [-0.2, 0) is 22.4 Å². The Bertz CT molecular complexity index is 610. The van der Waals surface area contributed by atoms with Crippen molar-refractivity contribution < 1.29 is 9.53 Å². The highest BCUT2D eigenvalue weighted by Crippen LogP contribution is 2.14. The number of rotatable bonds is 4. The van der Waals surface area contributed by atoms with Gasteiger partial charge < -0.3 is 10.1 Å². The van der Waals surface area contributed by atoms with E-state index in [2.05, 4.69) is 47.8 Å². The number of carbonyl (C=O) groups is 1. The molecular weight excluding hydrogens is 262 g/mol. The molecule has 0 spiro atoms. The summed E-state index contributed by atoms with van der Waals surface area (Å²) in [7, 11) is 0. The van der Waals surface area contributed by atoms with Gasteiger partial charge in [-0.15, -0.1) is 0 Å². The minimum absolute atomic E-state index is 0.00490. The quantitative estimate of drug-likeness (QED) is 0.934. The highest BCUT2D eigenvalue weighted by molar-refractivity contribution is 5.81. The Morgan fingerprint density at radius 1 is 1.00 bits per heavy atom. The summed E-state index contributed by atoms with van der Waals surface area (Å²) in [4.78, 5) is 11.7. The minimum atomic E-state index is -0.356. The first-order chi connectivity index (χ1) is 10.3. The molecule has 1 saturated heterocycles. The first-order valence-electron chi connectivity index (χ1n) is 7.32. The lowest BCUT2D eigenvalue weighted by Crippen LogP contribution is -2.45. The van der Waals surface area contributed by atoms with E-state index in [4.69, 9.17) is 4.74 Å². The summed E-state index contributed by atoms with van der Waals surface area (Å²) >= 11 is 0. The molecule has 0 radical (unpaired) electrons. The number of nitrogens with one attached hydrogen (secondary N) is 1. The number of hydrogen-bond acceptors (Lipinski definition) is 2. The van der Waals surface area contributed by atoms with E-state index in [1.54, 1.807) is 0 Å². The van der Waals surface area contributed by atoms with Crippen LogP contribution in [0.5, 0.6) is 0 Å². The molecular formula is C18H19NO2. The number of morpholine rings is 1. The first-order valence-corrected chi connectivity index (χ1v) is 7.32. The summed E-state index contributed by atoms with van der Waals surface area (Å²) in [6, 6.07) is 18.8. The molecule has 0 aromatic heterocycles.